The lowest BCUT2D eigenvalue weighted by Crippen LogP contribution is -2.31. The van der Waals surface area contributed by atoms with E-state index in [2.05, 4.69) is 17.4 Å². The van der Waals surface area contributed by atoms with Crippen molar-refractivity contribution in [1.29, 1.82) is 0 Å². The third-order valence-corrected chi connectivity index (χ3v) is 4.63. The van der Waals surface area contributed by atoms with Crippen LogP contribution >= 0.6 is 11.8 Å². The van der Waals surface area contributed by atoms with Crippen LogP contribution in [-0.2, 0) is 20.1 Å². The van der Waals surface area contributed by atoms with Crippen LogP contribution in [0.5, 0.6) is 5.75 Å². The van der Waals surface area contributed by atoms with Crippen LogP contribution in [0.3, 0.4) is 0 Å². The molecule has 0 aliphatic rings. The predicted molar refractivity (Wildman–Crippen MR) is 108 cm³/mol. The van der Waals surface area contributed by atoms with Gasteiger partial charge < -0.3 is 14.8 Å². The highest BCUT2D eigenvalue weighted by Crippen LogP contribution is 2.16. The van der Waals surface area contributed by atoms with Gasteiger partial charge in [-0.25, -0.2) is 4.79 Å². The summed E-state index contributed by atoms with van der Waals surface area (Å²) >= 11 is 1.74. The SMILES string of the molecule is Cc1cc(C)cc(OCC(=O)OCC(=O)NCCSCc2ccccc2)c1. The maximum atomic E-state index is 11.7. The number of aryl methyl sites for hydroxylation is 2. The molecule has 0 aliphatic carbocycles. The van der Waals surface area contributed by atoms with Crippen molar-refractivity contribution in [2.24, 2.45) is 0 Å². The molecule has 0 fully saturated rings. The van der Waals surface area contributed by atoms with Crippen LogP contribution in [0.1, 0.15) is 16.7 Å². The molecule has 5 nitrogen and oxygen atoms in total. The lowest BCUT2D eigenvalue weighted by atomic mass is 10.1. The molecule has 2 aromatic carbocycles. The number of carbonyl (C=O) groups excluding carboxylic acids is 2. The molecule has 0 unspecified atom stereocenters. The maximum Gasteiger partial charge on any atom is 0.344 e. The fourth-order valence-electron chi connectivity index (χ4n) is 2.42. The van der Waals surface area contributed by atoms with Crippen molar-refractivity contribution >= 4 is 23.6 Å². The van der Waals surface area contributed by atoms with Crippen molar-refractivity contribution in [2.75, 3.05) is 25.5 Å². The second-order valence-electron chi connectivity index (χ2n) is 6.16. The molecule has 0 saturated heterocycles. The highest BCUT2D eigenvalue weighted by Gasteiger charge is 2.08. The highest BCUT2D eigenvalue weighted by molar-refractivity contribution is 7.98. The fourth-order valence-corrected chi connectivity index (χ4v) is 3.24. The van der Waals surface area contributed by atoms with Gasteiger partial charge in [0.2, 0.25) is 0 Å². The molecule has 0 spiro atoms. The zero-order chi connectivity index (χ0) is 19.5. The smallest absolute Gasteiger partial charge is 0.344 e. The van der Waals surface area contributed by atoms with Gasteiger partial charge in [0, 0.05) is 18.1 Å². The number of rotatable bonds is 10. The van der Waals surface area contributed by atoms with E-state index in [0.29, 0.717) is 12.3 Å². The van der Waals surface area contributed by atoms with E-state index in [9.17, 15) is 9.59 Å². The molecule has 0 saturated carbocycles. The number of thioether (sulfide) groups is 1. The third kappa shape index (κ3) is 8.64. The molecule has 6 heteroatoms. The molecule has 1 N–H and O–H groups in total. The lowest BCUT2D eigenvalue weighted by molar-refractivity contribution is -0.150. The fraction of sp³-hybridized carbons (Fsp3) is 0.333. The summed E-state index contributed by atoms with van der Waals surface area (Å²) < 4.78 is 10.3. The Morgan fingerprint density at radius 1 is 1.00 bits per heavy atom. The summed E-state index contributed by atoms with van der Waals surface area (Å²) in [6, 6.07) is 15.9. The van der Waals surface area contributed by atoms with E-state index in [1.54, 1.807) is 11.8 Å². The van der Waals surface area contributed by atoms with Gasteiger partial charge in [-0.05, 0) is 42.7 Å². The summed E-state index contributed by atoms with van der Waals surface area (Å²) in [6.07, 6.45) is 0. The van der Waals surface area contributed by atoms with Gasteiger partial charge in [-0.1, -0.05) is 36.4 Å². The van der Waals surface area contributed by atoms with Crippen molar-refractivity contribution in [3.63, 3.8) is 0 Å². The van der Waals surface area contributed by atoms with E-state index in [0.717, 1.165) is 22.6 Å². The predicted octanol–water partition coefficient (Wildman–Crippen LogP) is 3.28. The molecule has 144 valence electrons. The number of benzene rings is 2. The van der Waals surface area contributed by atoms with Crippen molar-refractivity contribution in [2.45, 2.75) is 19.6 Å². The van der Waals surface area contributed by atoms with Gasteiger partial charge in [0.25, 0.3) is 5.91 Å². The molecular formula is C21H25NO4S. The number of carbonyl (C=O) groups is 2. The average molecular weight is 388 g/mol. The van der Waals surface area contributed by atoms with Gasteiger partial charge in [0.15, 0.2) is 13.2 Å². The number of nitrogens with one attached hydrogen (secondary N) is 1. The Morgan fingerprint density at radius 2 is 1.70 bits per heavy atom. The summed E-state index contributed by atoms with van der Waals surface area (Å²) in [4.78, 5) is 23.4. The number of ether oxygens (including phenoxy) is 2. The average Bonchev–Trinajstić information content (AvgIpc) is 2.64. The third-order valence-electron chi connectivity index (χ3n) is 3.60. The molecule has 27 heavy (non-hydrogen) atoms. The van der Waals surface area contributed by atoms with Gasteiger partial charge in [-0.15, -0.1) is 0 Å². The quantitative estimate of drug-likeness (QED) is 0.501. The normalized spacial score (nSPS) is 10.3. The highest BCUT2D eigenvalue weighted by atomic mass is 32.2. The standard InChI is InChI=1S/C21H25NO4S/c1-16-10-17(2)12-19(11-16)25-14-21(24)26-13-20(23)22-8-9-27-15-18-6-4-3-5-7-18/h3-7,10-12H,8-9,13-15H2,1-2H3,(H,22,23). The van der Waals surface area contributed by atoms with Crippen molar-refractivity contribution in [3.8, 4) is 5.75 Å². The molecule has 0 aromatic heterocycles. The summed E-state index contributed by atoms with van der Waals surface area (Å²) in [5.74, 6) is 1.44. The van der Waals surface area contributed by atoms with Crippen molar-refractivity contribution < 1.29 is 19.1 Å². The minimum absolute atomic E-state index is 0.219. The molecule has 0 atom stereocenters. The van der Waals surface area contributed by atoms with Crippen molar-refractivity contribution in [1.82, 2.24) is 5.32 Å². The zero-order valence-electron chi connectivity index (χ0n) is 15.7. The van der Waals surface area contributed by atoms with Crippen LogP contribution in [0.15, 0.2) is 48.5 Å². The molecule has 2 aromatic rings. The Kier molecular flexibility index (Phi) is 8.71. The molecule has 0 radical (unpaired) electrons. The lowest BCUT2D eigenvalue weighted by Gasteiger charge is -2.09. The first kappa shape index (κ1) is 20.8. The van der Waals surface area contributed by atoms with Gasteiger partial charge in [-0.2, -0.15) is 11.8 Å². The molecule has 1 amide bonds. The van der Waals surface area contributed by atoms with Crippen LogP contribution < -0.4 is 10.1 Å². The number of esters is 1. The van der Waals surface area contributed by atoms with Crippen LogP contribution in [0.2, 0.25) is 0 Å². The van der Waals surface area contributed by atoms with Crippen LogP contribution in [0, 0.1) is 13.8 Å². The molecular weight excluding hydrogens is 362 g/mol. The Hall–Kier alpha value is -2.47. The van der Waals surface area contributed by atoms with E-state index >= 15 is 0 Å². The second-order valence-corrected chi connectivity index (χ2v) is 7.27. The minimum Gasteiger partial charge on any atom is -0.482 e. The van der Waals surface area contributed by atoms with E-state index in [1.165, 1.54) is 5.56 Å². The summed E-state index contributed by atoms with van der Waals surface area (Å²) in [5, 5.41) is 2.74. The van der Waals surface area contributed by atoms with Crippen molar-refractivity contribution in [3.05, 3.63) is 65.2 Å². The van der Waals surface area contributed by atoms with Gasteiger partial charge in [0.05, 0.1) is 0 Å². The Morgan fingerprint density at radius 3 is 2.41 bits per heavy atom. The van der Waals surface area contributed by atoms with Gasteiger partial charge in [-0.3, -0.25) is 4.79 Å². The van der Waals surface area contributed by atoms with Crippen LogP contribution in [0.25, 0.3) is 0 Å². The summed E-state index contributed by atoms with van der Waals surface area (Å²) in [7, 11) is 0. The van der Waals surface area contributed by atoms with E-state index < -0.39 is 5.97 Å². The first-order valence-electron chi connectivity index (χ1n) is 8.78. The van der Waals surface area contributed by atoms with Gasteiger partial charge >= 0.3 is 5.97 Å². The number of amides is 1. The number of hydrogen-bond acceptors (Lipinski definition) is 5. The van der Waals surface area contributed by atoms with Crippen LogP contribution in [0.4, 0.5) is 0 Å². The first-order chi connectivity index (χ1) is 13.0. The Labute approximate surface area is 164 Å². The number of hydrogen-bond donors (Lipinski definition) is 1. The first-order valence-corrected chi connectivity index (χ1v) is 9.93. The molecule has 0 aliphatic heterocycles. The monoisotopic (exact) mass is 387 g/mol. The van der Waals surface area contributed by atoms with E-state index in [1.807, 2.05) is 50.2 Å². The zero-order valence-corrected chi connectivity index (χ0v) is 16.5. The molecule has 0 heterocycles. The molecule has 0 bridgehead atoms. The largest absolute Gasteiger partial charge is 0.482 e. The minimum atomic E-state index is -0.567. The maximum absolute atomic E-state index is 11.7. The van der Waals surface area contributed by atoms with E-state index in [-0.39, 0.29) is 19.1 Å². The second kappa shape index (κ2) is 11.3. The van der Waals surface area contributed by atoms with Crippen LogP contribution in [-0.4, -0.2) is 37.4 Å². The Balaban J connectivity index is 1.54. The summed E-state index contributed by atoms with van der Waals surface area (Å²) in [5.41, 5.74) is 3.37. The van der Waals surface area contributed by atoms with E-state index in [4.69, 9.17) is 9.47 Å². The van der Waals surface area contributed by atoms with Gasteiger partial charge in [0.1, 0.15) is 5.75 Å². The Bertz CT molecular complexity index is 729. The summed E-state index contributed by atoms with van der Waals surface area (Å²) in [6.45, 7) is 3.94. The molecule has 2 rings (SSSR count). The topological polar surface area (TPSA) is 64.6 Å².